The highest BCUT2D eigenvalue weighted by atomic mass is 35.5. The molecule has 1 aromatic rings. The van der Waals surface area contributed by atoms with Gasteiger partial charge in [-0.25, -0.2) is 13.1 Å². The second-order valence-electron chi connectivity index (χ2n) is 4.05. The van der Waals surface area contributed by atoms with Crippen molar-refractivity contribution < 1.29 is 13.2 Å². The van der Waals surface area contributed by atoms with Crippen molar-refractivity contribution in [2.75, 3.05) is 25.5 Å². The number of benzene rings is 1. The van der Waals surface area contributed by atoms with Crippen molar-refractivity contribution in [3.05, 3.63) is 23.2 Å². The largest absolute Gasteiger partial charge is 0.397 e. The van der Waals surface area contributed by atoms with Gasteiger partial charge in [-0.1, -0.05) is 18.5 Å². The zero-order valence-corrected chi connectivity index (χ0v) is 12.4. The van der Waals surface area contributed by atoms with Crippen molar-refractivity contribution in [2.45, 2.75) is 24.7 Å². The topological polar surface area (TPSA) is 81.4 Å². The van der Waals surface area contributed by atoms with Crippen LogP contribution in [0.2, 0.25) is 5.02 Å². The summed E-state index contributed by atoms with van der Waals surface area (Å²) in [5.41, 5.74) is 5.83. The minimum atomic E-state index is -3.54. The lowest BCUT2D eigenvalue weighted by Crippen LogP contribution is -2.25. The fourth-order valence-corrected chi connectivity index (χ4v) is 2.63. The SMILES string of the molecule is CCCOCCCNS(=O)(=O)c1ccc(Cl)c(N)c1. The van der Waals surface area contributed by atoms with E-state index in [1.165, 1.54) is 18.2 Å². The van der Waals surface area contributed by atoms with Gasteiger partial charge in [-0.3, -0.25) is 0 Å². The van der Waals surface area contributed by atoms with Crippen LogP contribution >= 0.6 is 11.6 Å². The lowest BCUT2D eigenvalue weighted by molar-refractivity contribution is 0.133. The molecule has 5 nitrogen and oxygen atoms in total. The molecule has 108 valence electrons. The molecule has 0 aliphatic heterocycles. The summed E-state index contributed by atoms with van der Waals surface area (Å²) in [7, 11) is -3.54. The fourth-order valence-electron chi connectivity index (χ4n) is 1.40. The predicted molar refractivity (Wildman–Crippen MR) is 76.8 cm³/mol. The van der Waals surface area contributed by atoms with Crippen LogP contribution < -0.4 is 10.5 Å². The van der Waals surface area contributed by atoms with E-state index in [2.05, 4.69) is 4.72 Å². The lowest BCUT2D eigenvalue weighted by atomic mass is 10.3. The van der Waals surface area contributed by atoms with Crippen molar-refractivity contribution in [1.29, 1.82) is 0 Å². The molecule has 0 saturated carbocycles. The number of hydrogen-bond acceptors (Lipinski definition) is 4. The van der Waals surface area contributed by atoms with Crippen LogP contribution in [0.4, 0.5) is 5.69 Å². The van der Waals surface area contributed by atoms with E-state index in [-0.39, 0.29) is 10.6 Å². The molecule has 0 aliphatic rings. The maximum absolute atomic E-state index is 11.9. The maximum atomic E-state index is 11.9. The van der Waals surface area contributed by atoms with Crippen molar-refractivity contribution >= 4 is 27.3 Å². The number of ether oxygens (including phenoxy) is 1. The van der Waals surface area contributed by atoms with E-state index in [0.717, 1.165) is 6.42 Å². The molecule has 1 aromatic carbocycles. The summed E-state index contributed by atoms with van der Waals surface area (Å²) in [5, 5.41) is 0.340. The van der Waals surface area contributed by atoms with Crippen LogP contribution in [0.3, 0.4) is 0 Å². The molecule has 0 atom stereocenters. The number of rotatable bonds is 8. The molecular weight excluding hydrogens is 288 g/mol. The molecule has 0 saturated heterocycles. The van der Waals surface area contributed by atoms with Gasteiger partial charge in [0.05, 0.1) is 15.6 Å². The number of nitrogens with two attached hydrogens (primary N) is 1. The predicted octanol–water partition coefficient (Wildman–Crippen LogP) is 2.02. The standard InChI is InChI=1S/C12H19ClN2O3S/c1-2-7-18-8-3-6-15-19(16,17)10-4-5-11(13)12(14)9-10/h4-5,9,15H,2-3,6-8,14H2,1H3. The fraction of sp³-hybridized carbons (Fsp3) is 0.500. The molecule has 3 N–H and O–H groups in total. The Morgan fingerprint density at radius 2 is 2.11 bits per heavy atom. The minimum Gasteiger partial charge on any atom is -0.397 e. The van der Waals surface area contributed by atoms with E-state index in [9.17, 15) is 8.42 Å². The Morgan fingerprint density at radius 1 is 1.37 bits per heavy atom. The molecule has 0 spiro atoms. The first-order chi connectivity index (χ1) is 8.97. The molecule has 0 unspecified atom stereocenters. The third-order valence-electron chi connectivity index (χ3n) is 2.38. The van der Waals surface area contributed by atoms with E-state index in [4.69, 9.17) is 22.1 Å². The average Bonchev–Trinajstić information content (AvgIpc) is 2.36. The molecule has 0 fully saturated rings. The first kappa shape index (κ1) is 16.2. The van der Waals surface area contributed by atoms with Crippen LogP contribution in [-0.2, 0) is 14.8 Å². The van der Waals surface area contributed by atoms with Crippen LogP contribution in [0.25, 0.3) is 0 Å². The molecule has 0 bridgehead atoms. The summed E-state index contributed by atoms with van der Waals surface area (Å²) in [6, 6.07) is 4.24. The minimum absolute atomic E-state index is 0.115. The van der Waals surface area contributed by atoms with Gasteiger partial charge in [-0.05, 0) is 31.0 Å². The van der Waals surface area contributed by atoms with Crippen LogP contribution in [0.5, 0.6) is 0 Å². The summed E-state index contributed by atoms with van der Waals surface area (Å²) in [6.07, 6.45) is 1.58. The van der Waals surface area contributed by atoms with Crippen molar-refractivity contribution in [3.8, 4) is 0 Å². The normalized spacial score (nSPS) is 11.7. The number of sulfonamides is 1. The van der Waals surface area contributed by atoms with E-state index < -0.39 is 10.0 Å². The van der Waals surface area contributed by atoms with Gasteiger partial charge in [0.15, 0.2) is 0 Å². The average molecular weight is 307 g/mol. The third-order valence-corrected chi connectivity index (χ3v) is 4.19. The second-order valence-corrected chi connectivity index (χ2v) is 6.22. The quantitative estimate of drug-likeness (QED) is 0.568. The van der Waals surface area contributed by atoms with Crippen molar-refractivity contribution in [3.63, 3.8) is 0 Å². The number of halogens is 1. The number of anilines is 1. The van der Waals surface area contributed by atoms with Crippen LogP contribution in [-0.4, -0.2) is 28.2 Å². The highest BCUT2D eigenvalue weighted by Gasteiger charge is 2.14. The molecule has 7 heteroatoms. The van der Waals surface area contributed by atoms with E-state index >= 15 is 0 Å². The lowest BCUT2D eigenvalue weighted by Gasteiger charge is -2.08. The Morgan fingerprint density at radius 3 is 2.74 bits per heavy atom. The first-order valence-corrected chi connectivity index (χ1v) is 7.96. The highest BCUT2D eigenvalue weighted by Crippen LogP contribution is 2.21. The molecule has 19 heavy (non-hydrogen) atoms. The number of hydrogen-bond donors (Lipinski definition) is 2. The summed E-state index contributed by atoms with van der Waals surface area (Å²) in [5.74, 6) is 0. The maximum Gasteiger partial charge on any atom is 0.240 e. The van der Waals surface area contributed by atoms with Gasteiger partial charge in [-0.15, -0.1) is 0 Å². The Hall–Kier alpha value is -0.820. The molecule has 0 aliphatic carbocycles. The highest BCUT2D eigenvalue weighted by molar-refractivity contribution is 7.89. The molecule has 0 amide bonds. The van der Waals surface area contributed by atoms with Gasteiger partial charge in [0, 0.05) is 19.8 Å². The van der Waals surface area contributed by atoms with Gasteiger partial charge in [0.1, 0.15) is 0 Å². The summed E-state index contributed by atoms with van der Waals surface area (Å²) in [6.45, 7) is 3.59. The zero-order chi connectivity index (χ0) is 14.3. The zero-order valence-electron chi connectivity index (χ0n) is 10.9. The second kappa shape index (κ2) is 7.69. The summed E-state index contributed by atoms with van der Waals surface area (Å²) >= 11 is 5.75. The summed E-state index contributed by atoms with van der Waals surface area (Å²) < 4.78 is 31.6. The van der Waals surface area contributed by atoms with Gasteiger partial charge in [0.2, 0.25) is 10.0 Å². The van der Waals surface area contributed by atoms with E-state index in [1.807, 2.05) is 6.92 Å². The van der Waals surface area contributed by atoms with Gasteiger partial charge in [-0.2, -0.15) is 0 Å². The Balaban J connectivity index is 2.49. The van der Waals surface area contributed by atoms with Crippen molar-refractivity contribution in [2.24, 2.45) is 0 Å². The Kier molecular flexibility index (Phi) is 6.57. The third kappa shape index (κ3) is 5.36. The smallest absolute Gasteiger partial charge is 0.240 e. The van der Waals surface area contributed by atoms with Gasteiger partial charge < -0.3 is 10.5 Å². The molecular formula is C12H19ClN2O3S. The Labute approximate surface area is 119 Å². The van der Waals surface area contributed by atoms with E-state index in [0.29, 0.717) is 31.2 Å². The molecule has 1 rings (SSSR count). The van der Waals surface area contributed by atoms with Crippen LogP contribution in [0, 0.1) is 0 Å². The van der Waals surface area contributed by atoms with Gasteiger partial charge >= 0.3 is 0 Å². The number of nitrogen functional groups attached to an aromatic ring is 1. The summed E-state index contributed by atoms with van der Waals surface area (Å²) in [4.78, 5) is 0.115. The monoisotopic (exact) mass is 306 g/mol. The van der Waals surface area contributed by atoms with E-state index in [1.54, 1.807) is 0 Å². The van der Waals surface area contributed by atoms with Crippen LogP contribution in [0.1, 0.15) is 19.8 Å². The van der Waals surface area contributed by atoms with Crippen molar-refractivity contribution in [1.82, 2.24) is 4.72 Å². The first-order valence-electron chi connectivity index (χ1n) is 6.10. The Bertz CT molecular complexity index is 506. The molecule has 0 heterocycles. The molecule has 0 aromatic heterocycles. The number of nitrogens with one attached hydrogen (secondary N) is 1. The van der Waals surface area contributed by atoms with Crippen LogP contribution in [0.15, 0.2) is 23.1 Å². The molecule has 0 radical (unpaired) electrons. The van der Waals surface area contributed by atoms with Gasteiger partial charge in [0.25, 0.3) is 0 Å².